The lowest BCUT2D eigenvalue weighted by Crippen LogP contribution is -2.60. The number of benzene rings is 2. The molecule has 0 spiro atoms. The molecule has 32 heavy (non-hydrogen) atoms. The maximum Gasteiger partial charge on any atom is 0.413 e. The molecular formula is C25H31ClN2O4. The van der Waals surface area contributed by atoms with Gasteiger partial charge in [0.25, 0.3) is 0 Å². The lowest BCUT2D eigenvalue weighted by atomic mass is 9.66. The molecule has 1 fully saturated rings. The summed E-state index contributed by atoms with van der Waals surface area (Å²) in [5.74, 6) is 0.0920. The lowest BCUT2D eigenvalue weighted by Gasteiger charge is -2.51. The highest BCUT2D eigenvalue weighted by atomic mass is 35.5. The van der Waals surface area contributed by atoms with Gasteiger partial charge in [0.1, 0.15) is 11.8 Å². The highest BCUT2D eigenvalue weighted by Gasteiger charge is 2.50. The van der Waals surface area contributed by atoms with Crippen molar-refractivity contribution in [3.8, 4) is 5.75 Å². The molecule has 2 amide bonds. The van der Waals surface area contributed by atoms with Crippen LogP contribution in [0.15, 0.2) is 54.6 Å². The number of carbonyl (C=O) groups is 2. The first-order valence-corrected chi connectivity index (χ1v) is 11.2. The molecule has 0 saturated carbocycles. The van der Waals surface area contributed by atoms with Gasteiger partial charge in [-0.15, -0.1) is 0 Å². The average Bonchev–Trinajstić information content (AvgIpc) is 2.74. The Morgan fingerprint density at radius 3 is 2.28 bits per heavy atom. The van der Waals surface area contributed by atoms with Crippen LogP contribution in [0.4, 0.5) is 4.79 Å². The molecule has 0 bridgehead atoms. The van der Waals surface area contributed by atoms with Gasteiger partial charge in [-0.25, -0.2) is 4.79 Å². The Balaban J connectivity index is 1.71. The predicted octanol–water partition coefficient (Wildman–Crippen LogP) is 4.60. The van der Waals surface area contributed by atoms with Crippen LogP contribution >= 0.6 is 11.6 Å². The van der Waals surface area contributed by atoms with Crippen LogP contribution in [0.1, 0.15) is 39.7 Å². The van der Waals surface area contributed by atoms with E-state index >= 15 is 0 Å². The molecule has 1 aliphatic rings. The summed E-state index contributed by atoms with van der Waals surface area (Å²) in [7, 11) is 0. The number of piperidine rings is 1. The standard InChI is InChI=1S/C25H31ClN2O4/c1-17(2)21(27-23(30)32-20-8-6-5-7-9-20)22(29)28-15-14-25(31,24(3,4)16-28)18-10-12-19(26)13-11-18/h5-13,17,21,31H,14-16H2,1-4H3,(H,27,30)/t21-,25+/m1/s1. The molecule has 3 rings (SSSR count). The first kappa shape index (κ1) is 24.1. The van der Waals surface area contributed by atoms with Crippen molar-refractivity contribution in [1.29, 1.82) is 0 Å². The monoisotopic (exact) mass is 458 g/mol. The van der Waals surface area contributed by atoms with Crippen LogP contribution in [0.5, 0.6) is 5.75 Å². The zero-order valence-corrected chi connectivity index (χ0v) is 19.7. The van der Waals surface area contributed by atoms with Gasteiger partial charge in [0.05, 0.1) is 5.60 Å². The first-order chi connectivity index (χ1) is 15.0. The summed E-state index contributed by atoms with van der Waals surface area (Å²) < 4.78 is 5.30. The van der Waals surface area contributed by atoms with Gasteiger partial charge in [0.2, 0.25) is 5.91 Å². The van der Waals surface area contributed by atoms with Crippen molar-refractivity contribution >= 4 is 23.6 Å². The molecule has 0 radical (unpaired) electrons. The van der Waals surface area contributed by atoms with Crippen molar-refractivity contribution in [2.24, 2.45) is 11.3 Å². The lowest BCUT2D eigenvalue weighted by molar-refractivity contribution is -0.155. The van der Waals surface area contributed by atoms with Crippen LogP contribution < -0.4 is 10.1 Å². The van der Waals surface area contributed by atoms with Crippen LogP contribution in [0.2, 0.25) is 5.02 Å². The van der Waals surface area contributed by atoms with Crippen molar-refractivity contribution in [3.05, 3.63) is 65.2 Å². The number of likely N-dealkylation sites (tertiary alicyclic amines) is 1. The molecule has 1 aliphatic heterocycles. The average molecular weight is 459 g/mol. The fraction of sp³-hybridized carbons (Fsp3) is 0.440. The number of para-hydroxylation sites is 1. The number of aliphatic hydroxyl groups is 1. The van der Waals surface area contributed by atoms with Gasteiger partial charge in [-0.2, -0.15) is 0 Å². The molecule has 2 atom stereocenters. The summed E-state index contributed by atoms with van der Waals surface area (Å²) in [6.07, 6.45) is -0.288. The maximum absolute atomic E-state index is 13.4. The normalized spacial score (nSPS) is 21.2. The van der Waals surface area contributed by atoms with Crippen LogP contribution in [-0.4, -0.2) is 41.1 Å². The Hall–Kier alpha value is -2.57. The number of rotatable bonds is 5. The third kappa shape index (κ3) is 5.08. The van der Waals surface area contributed by atoms with Gasteiger partial charge in [0, 0.05) is 23.5 Å². The highest BCUT2D eigenvalue weighted by Crippen LogP contribution is 2.46. The molecule has 2 N–H and O–H groups in total. The van der Waals surface area contributed by atoms with Crippen LogP contribution in [-0.2, 0) is 10.4 Å². The van der Waals surface area contributed by atoms with Gasteiger partial charge in [0.15, 0.2) is 0 Å². The fourth-order valence-electron chi connectivity index (χ4n) is 4.23. The molecule has 1 saturated heterocycles. The van der Waals surface area contributed by atoms with Crippen molar-refractivity contribution < 1.29 is 19.4 Å². The first-order valence-electron chi connectivity index (χ1n) is 10.8. The Labute approximate surface area is 194 Å². The van der Waals surface area contributed by atoms with E-state index in [4.69, 9.17) is 16.3 Å². The summed E-state index contributed by atoms with van der Waals surface area (Å²) in [5.41, 5.74) is -0.925. The van der Waals surface area contributed by atoms with Crippen LogP contribution in [0, 0.1) is 11.3 Å². The summed E-state index contributed by atoms with van der Waals surface area (Å²) in [6.45, 7) is 8.38. The smallest absolute Gasteiger partial charge is 0.410 e. The van der Waals surface area contributed by atoms with Gasteiger partial charge in [-0.3, -0.25) is 4.79 Å². The van der Waals surface area contributed by atoms with E-state index in [2.05, 4.69) is 5.32 Å². The van der Waals surface area contributed by atoms with Gasteiger partial charge in [-0.05, 0) is 42.2 Å². The van der Waals surface area contributed by atoms with E-state index in [1.807, 2.05) is 45.9 Å². The third-order valence-electron chi connectivity index (χ3n) is 6.24. The Kier molecular flexibility index (Phi) is 7.16. The molecule has 0 unspecified atom stereocenters. The predicted molar refractivity (Wildman–Crippen MR) is 125 cm³/mol. The minimum Gasteiger partial charge on any atom is -0.410 e. The van der Waals surface area contributed by atoms with E-state index in [-0.39, 0.29) is 11.8 Å². The summed E-state index contributed by atoms with van der Waals surface area (Å²) in [4.78, 5) is 27.5. The third-order valence-corrected chi connectivity index (χ3v) is 6.49. The SMILES string of the molecule is CC(C)[C@@H](NC(=O)Oc1ccccc1)C(=O)N1CC[C@](O)(c2ccc(Cl)cc2)C(C)(C)C1. The van der Waals surface area contributed by atoms with E-state index in [0.717, 1.165) is 5.56 Å². The van der Waals surface area contributed by atoms with Gasteiger partial charge < -0.3 is 20.1 Å². The molecule has 0 aromatic heterocycles. The Bertz CT molecular complexity index is 946. The molecule has 172 valence electrons. The van der Waals surface area contributed by atoms with E-state index in [1.165, 1.54) is 0 Å². The Morgan fingerprint density at radius 1 is 1.09 bits per heavy atom. The fourth-order valence-corrected chi connectivity index (χ4v) is 4.36. The number of halogens is 1. The highest BCUT2D eigenvalue weighted by molar-refractivity contribution is 6.30. The number of nitrogens with one attached hydrogen (secondary N) is 1. The van der Waals surface area contributed by atoms with Gasteiger partial charge >= 0.3 is 6.09 Å². The Morgan fingerprint density at radius 2 is 1.72 bits per heavy atom. The topological polar surface area (TPSA) is 78.9 Å². The molecule has 2 aromatic rings. The molecular weight excluding hydrogens is 428 g/mol. The van der Waals surface area contributed by atoms with Crippen molar-refractivity contribution in [1.82, 2.24) is 10.2 Å². The van der Waals surface area contributed by atoms with Crippen LogP contribution in [0.25, 0.3) is 0 Å². The number of ether oxygens (including phenoxy) is 1. The number of amides is 2. The van der Waals surface area contributed by atoms with Crippen molar-refractivity contribution in [2.75, 3.05) is 13.1 Å². The molecule has 2 aromatic carbocycles. The second-order valence-electron chi connectivity index (χ2n) is 9.33. The van der Waals surface area contributed by atoms with Gasteiger partial charge in [-0.1, -0.05) is 69.6 Å². The number of hydrogen-bond acceptors (Lipinski definition) is 4. The zero-order valence-electron chi connectivity index (χ0n) is 19.0. The van der Waals surface area contributed by atoms with E-state index in [0.29, 0.717) is 30.3 Å². The number of nitrogens with zero attached hydrogens (tertiary/aromatic N) is 1. The van der Waals surface area contributed by atoms with E-state index < -0.39 is 23.2 Å². The second-order valence-corrected chi connectivity index (χ2v) is 9.77. The number of hydrogen-bond donors (Lipinski definition) is 2. The minimum atomic E-state index is -1.10. The summed E-state index contributed by atoms with van der Waals surface area (Å²) >= 11 is 6.01. The second kappa shape index (κ2) is 9.51. The van der Waals surface area contributed by atoms with E-state index in [9.17, 15) is 14.7 Å². The molecule has 6 nitrogen and oxygen atoms in total. The summed E-state index contributed by atoms with van der Waals surface area (Å²) in [5, 5.41) is 14.9. The largest absolute Gasteiger partial charge is 0.413 e. The quantitative estimate of drug-likeness (QED) is 0.686. The van der Waals surface area contributed by atoms with E-state index in [1.54, 1.807) is 41.3 Å². The maximum atomic E-state index is 13.4. The summed E-state index contributed by atoms with van der Waals surface area (Å²) in [6, 6.07) is 15.2. The van der Waals surface area contributed by atoms with Crippen LogP contribution in [0.3, 0.4) is 0 Å². The van der Waals surface area contributed by atoms with Crippen molar-refractivity contribution in [2.45, 2.75) is 45.8 Å². The number of carbonyl (C=O) groups excluding carboxylic acids is 2. The molecule has 7 heteroatoms. The zero-order chi connectivity index (χ0) is 23.5. The van der Waals surface area contributed by atoms with Crippen molar-refractivity contribution in [3.63, 3.8) is 0 Å². The minimum absolute atomic E-state index is 0.133. The molecule has 1 heterocycles. The molecule has 0 aliphatic carbocycles.